The van der Waals surface area contributed by atoms with E-state index in [4.69, 9.17) is 13.9 Å². The van der Waals surface area contributed by atoms with E-state index in [0.717, 1.165) is 11.0 Å². The van der Waals surface area contributed by atoms with Gasteiger partial charge in [-0.15, -0.1) is 0 Å². The Bertz CT molecular complexity index is 1000. The molecule has 4 rings (SSSR count). The predicted molar refractivity (Wildman–Crippen MR) is 98.3 cm³/mol. The fourth-order valence-corrected chi connectivity index (χ4v) is 2.66. The van der Waals surface area contributed by atoms with E-state index in [9.17, 15) is 9.59 Å². The Labute approximate surface area is 154 Å². The van der Waals surface area contributed by atoms with Crippen molar-refractivity contribution < 1.29 is 23.5 Å². The number of carbonyl (C=O) groups excluding carboxylic acids is 2. The lowest BCUT2D eigenvalue weighted by Crippen LogP contribution is -2.40. The number of nitrogens with one attached hydrogen (secondary N) is 2. The maximum Gasteiger partial charge on any atom is 0.269 e. The van der Waals surface area contributed by atoms with Crippen LogP contribution >= 0.6 is 0 Å². The highest BCUT2D eigenvalue weighted by Crippen LogP contribution is 2.30. The minimum atomic E-state index is -0.485. The van der Waals surface area contributed by atoms with Crippen molar-refractivity contribution in [1.29, 1.82) is 0 Å². The molecular formula is C20H16N2O5. The summed E-state index contributed by atoms with van der Waals surface area (Å²) in [6, 6.07) is 14.2. The lowest BCUT2D eigenvalue weighted by atomic mass is 10.2. The average molecular weight is 364 g/mol. The van der Waals surface area contributed by atoms with Crippen LogP contribution in [0.25, 0.3) is 17.0 Å². The van der Waals surface area contributed by atoms with Gasteiger partial charge in [-0.25, -0.2) is 0 Å². The number of hydrazine groups is 1. The zero-order valence-corrected chi connectivity index (χ0v) is 14.2. The van der Waals surface area contributed by atoms with Crippen molar-refractivity contribution in [3.8, 4) is 11.5 Å². The van der Waals surface area contributed by atoms with E-state index in [2.05, 4.69) is 10.9 Å². The zero-order valence-electron chi connectivity index (χ0n) is 14.2. The summed E-state index contributed by atoms with van der Waals surface area (Å²) in [7, 11) is 0. The number of para-hydroxylation sites is 1. The molecule has 2 aromatic carbocycles. The smallest absolute Gasteiger partial charge is 0.269 e. The van der Waals surface area contributed by atoms with Gasteiger partial charge >= 0.3 is 0 Å². The second-order valence-corrected chi connectivity index (χ2v) is 5.82. The largest absolute Gasteiger partial charge is 0.486 e. The molecule has 0 spiro atoms. The summed E-state index contributed by atoms with van der Waals surface area (Å²) in [5.74, 6) is 0.698. The fourth-order valence-electron chi connectivity index (χ4n) is 2.66. The van der Waals surface area contributed by atoms with Crippen molar-refractivity contribution in [2.75, 3.05) is 13.2 Å². The molecular weight excluding hydrogens is 348 g/mol. The Balaban J connectivity index is 1.35. The molecule has 0 saturated carbocycles. The molecule has 1 aliphatic rings. The van der Waals surface area contributed by atoms with Crippen molar-refractivity contribution in [3.63, 3.8) is 0 Å². The zero-order chi connectivity index (χ0) is 18.6. The summed E-state index contributed by atoms with van der Waals surface area (Å²) in [4.78, 5) is 24.1. The Morgan fingerprint density at radius 1 is 0.926 bits per heavy atom. The van der Waals surface area contributed by atoms with Crippen LogP contribution in [0.5, 0.6) is 11.5 Å². The molecule has 7 nitrogen and oxygen atoms in total. The molecule has 0 atom stereocenters. The molecule has 2 amide bonds. The maximum absolute atomic E-state index is 12.2. The second kappa shape index (κ2) is 7.25. The van der Waals surface area contributed by atoms with Crippen molar-refractivity contribution in [3.05, 3.63) is 65.9 Å². The van der Waals surface area contributed by atoms with Crippen LogP contribution < -0.4 is 20.3 Å². The van der Waals surface area contributed by atoms with Crippen LogP contribution in [0.4, 0.5) is 0 Å². The minimum absolute atomic E-state index is 0.348. The lowest BCUT2D eigenvalue weighted by molar-refractivity contribution is -0.117. The van der Waals surface area contributed by atoms with E-state index >= 15 is 0 Å². The van der Waals surface area contributed by atoms with E-state index in [1.165, 1.54) is 12.2 Å². The van der Waals surface area contributed by atoms with E-state index in [-0.39, 0.29) is 0 Å². The van der Waals surface area contributed by atoms with Crippen LogP contribution in [0.2, 0.25) is 0 Å². The topological polar surface area (TPSA) is 89.8 Å². The third-order valence-electron chi connectivity index (χ3n) is 3.95. The highest BCUT2D eigenvalue weighted by Gasteiger charge is 2.15. The number of hydrogen-bond acceptors (Lipinski definition) is 5. The molecule has 1 aliphatic heterocycles. The van der Waals surface area contributed by atoms with Crippen molar-refractivity contribution in [2.24, 2.45) is 0 Å². The number of carbonyl (C=O) groups is 2. The third-order valence-corrected chi connectivity index (χ3v) is 3.95. The first kappa shape index (κ1) is 16.7. The molecule has 1 aromatic heterocycles. The number of furan rings is 1. The van der Waals surface area contributed by atoms with E-state index < -0.39 is 11.8 Å². The van der Waals surface area contributed by atoms with Gasteiger partial charge in [0, 0.05) is 17.0 Å². The third kappa shape index (κ3) is 3.77. The molecule has 0 fully saturated rings. The summed E-state index contributed by atoms with van der Waals surface area (Å²) in [6.45, 7) is 0.910. The monoisotopic (exact) mass is 364 g/mol. The Hall–Kier alpha value is -3.74. The van der Waals surface area contributed by atoms with Crippen LogP contribution in [0.3, 0.4) is 0 Å². The number of amides is 2. The maximum atomic E-state index is 12.2. The van der Waals surface area contributed by atoms with Gasteiger partial charge in [0.15, 0.2) is 11.5 Å². The van der Waals surface area contributed by atoms with E-state index in [1.54, 1.807) is 18.2 Å². The second-order valence-electron chi connectivity index (χ2n) is 5.82. The number of fused-ring (bicyclic) bond motifs is 2. The molecule has 136 valence electrons. The van der Waals surface area contributed by atoms with Gasteiger partial charge in [-0.05, 0) is 36.4 Å². The van der Waals surface area contributed by atoms with E-state index in [1.807, 2.05) is 30.3 Å². The fraction of sp³-hybridized carbons (Fsp3) is 0.100. The van der Waals surface area contributed by atoms with Crippen molar-refractivity contribution >= 4 is 28.9 Å². The van der Waals surface area contributed by atoms with Gasteiger partial charge in [-0.2, -0.15) is 0 Å². The molecule has 2 N–H and O–H groups in total. The normalized spacial score (nSPS) is 12.9. The number of ether oxygens (including phenoxy) is 2. The number of rotatable bonds is 3. The van der Waals surface area contributed by atoms with E-state index in [0.29, 0.717) is 36.0 Å². The summed E-state index contributed by atoms with van der Waals surface area (Å²) in [5, 5.41) is 0.949. The highest BCUT2D eigenvalue weighted by molar-refractivity contribution is 5.98. The van der Waals surface area contributed by atoms with Crippen LogP contribution in [0.15, 0.2) is 59.0 Å². The van der Waals surface area contributed by atoms with Crippen molar-refractivity contribution in [1.82, 2.24) is 10.9 Å². The van der Waals surface area contributed by atoms with Gasteiger partial charge < -0.3 is 13.9 Å². The van der Waals surface area contributed by atoms with Gasteiger partial charge in [0.05, 0.1) is 0 Å². The standard InChI is InChI=1S/C20H16N2O5/c23-19(8-6-15-11-13-3-1-2-4-16(13)27-15)21-22-20(24)14-5-7-17-18(12-14)26-10-9-25-17/h1-8,11-12H,9-10H2,(H,21,23)(H,22,24)/b8-6+. The minimum Gasteiger partial charge on any atom is -0.486 e. The first-order valence-electron chi connectivity index (χ1n) is 8.36. The molecule has 7 heteroatoms. The molecule has 27 heavy (non-hydrogen) atoms. The SMILES string of the molecule is O=C(/C=C/c1cc2ccccc2o1)NNC(=O)c1ccc2c(c1)OCCO2. The van der Waals surface area contributed by atoms with Gasteiger partial charge in [-0.1, -0.05) is 18.2 Å². The molecule has 2 heterocycles. The lowest BCUT2D eigenvalue weighted by Gasteiger charge is -2.18. The summed E-state index contributed by atoms with van der Waals surface area (Å²) in [6.07, 6.45) is 2.81. The van der Waals surface area contributed by atoms with Gasteiger partial charge in [0.25, 0.3) is 11.8 Å². The Morgan fingerprint density at radius 2 is 1.74 bits per heavy atom. The molecule has 0 saturated heterocycles. The van der Waals surface area contributed by atoms with Gasteiger partial charge in [0.2, 0.25) is 0 Å². The molecule has 0 radical (unpaired) electrons. The number of benzene rings is 2. The Kier molecular flexibility index (Phi) is 4.49. The molecule has 0 unspecified atom stereocenters. The quantitative estimate of drug-likeness (QED) is 0.551. The van der Waals surface area contributed by atoms with Crippen molar-refractivity contribution in [2.45, 2.75) is 0 Å². The van der Waals surface area contributed by atoms with Gasteiger partial charge in [0.1, 0.15) is 24.6 Å². The number of hydrogen-bond donors (Lipinski definition) is 2. The first-order chi connectivity index (χ1) is 13.2. The van der Waals surface area contributed by atoms with Crippen LogP contribution in [-0.2, 0) is 4.79 Å². The average Bonchev–Trinajstić information content (AvgIpc) is 3.13. The summed E-state index contributed by atoms with van der Waals surface area (Å²) >= 11 is 0. The summed E-state index contributed by atoms with van der Waals surface area (Å²) < 4.78 is 16.4. The summed E-state index contributed by atoms with van der Waals surface area (Å²) in [5.41, 5.74) is 5.77. The first-order valence-corrected chi connectivity index (χ1v) is 8.36. The van der Waals surface area contributed by atoms with Crippen LogP contribution in [-0.4, -0.2) is 25.0 Å². The van der Waals surface area contributed by atoms with Gasteiger partial charge in [-0.3, -0.25) is 20.4 Å². The predicted octanol–water partition coefficient (Wildman–Crippen LogP) is 2.68. The Morgan fingerprint density at radius 3 is 2.59 bits per heavy atom. The van der Waals surface area contributed by atoms with Crippen LogP contribution in [0.1, 0.15) is 16.1 Å². The van der Waals surface area contributed by atoms with Crippen LogP contribution in [0, 0.1) is 0 Å². The molecule has 3 aromatic rings. The highest BCUT2D eigenvalue weighted by atomic mass is 16.6. The molecule has 0 bridgehead atoms. The molecule has 0 aliphatic carbocycles.